The number of halogens is 4. The fraction of sp³-hybridized carbons (Fsp3) is 0.500. The fourth-order valence-corrected chi connectivity index (χ4v) is 8.94. The second-order valence-corrected chi connectivity index (χ2v) is 11.1. The maximum Gasteiger partial charge on any atom is 0.673 e. The van der Waals surface area contributed by atoms with Gasteiger partial charge in [-0.25, -0.2) is 0 Å². The summed E-state index contributed by atoms with van der Waals surface area (Å²) in [5.41, 5.74) is 4.87. The molecule has 2 saturated carbocycles. The molecule has 0 unspecified atom stereocenters. The van der Waals surface area contributed by atoms with E-state index in [4.69, 9.17) is 0 Å². The average molecular weight is 437 g/mol. The van der Waals surface area contributed by atoms with Gasteiger partial charge in [-0.2, -0.15) is 0 Å². The third kappa shape index (κ3) is 7.12. The molecular formula is C24H31BF4P-. The van der Waals surface area contributed by atoms with Gasteiger partial charge in [-0.3, -0.25) is 0 Å². The van der Waals surface area contributed by atoms with Gasteiger partial charge in [0.25, 0.3) is 0 Å². The minimum Gasteiger partial charge on any atom is -0.418 e. The summed E-state index contributed by atoms with van der Waals surface area (Å²) in [6, 6.07) is 20.5. The molecule has 0 aliphatic heterocycles. The molecule has 0 spiro atoms. The molecule has 0 aromatic heterocycles. The predicted molar refractivity (Wildman–Crippen MR) is 122 cm³/mol. The van der Waals surface area contributed by atoms with Gasteiger partial charge in [0.2, 0.25) is 0 Å². The number of hydrogen-bond donors (Lipinski definition) is 0. The zero-order valence-corrected chi connectivity index (χ0v) is 18.4. The monoisotopic (exact) mass is 437 g/mol. The van der Waals surface area contributed by atoms with Crippen molar-refractivity contribution in [1.82, 2.24) is 0 Å². The zero-order valence-electron chi connectivity index (χ0n) is 17.5. The Hall–Kier alpha value is -1.35. The highest BCUT2D eigenvalue weighted by atomic mass is 31.1. The van der Waals surface area contributed by atoms with Crippen molar-refractivity contribution >= 4 is 20.5 Å². The second-order valence-electron chi connectivity index (χ2n) is 8.37. The molecule has 0 radical (unpaired) electrons. The van der Waals surface area contributed by atoms with Crippen LogP contribution in [0.1, 0.15) is 64.2 Å². The van der Waals surface area contributed by atoms with E-state index in [-0.39, 0.29) is 7.92 Å². The van der Waals surface area contributed by atoms with Crippen LogP contribution in [0.5, 0.6) is 0 Å². The lowest BCUT2D eigenvalue weighted by molar-refractivity contribution is 0.368. The minimum atomic E-state index is -6.00. The zero-order chi connectivity index (χ0) is 21.4. The van der Waals surface area contributed by atoms with Crippen LogP contribution in [0, 0.1) is 0 Å². The number of rotatable bonds is 4. The maximum absolute atomic E-state index is 9.75. The summed E-state index contributed by atoms with van der Waals surface area (Å²) in [5, 5.41) is 1.71. The van der Waals surface area contributed by atoms with Crippen molar-refractivity contribution in [3.05, 3.63) is 54.6 Å². The Balaban J connectivity index is 0.000000461. The first-order valence-electron chi connectivity index (χ1n) is 11.2. The summed E-state index contributed by atoms with van der Waals surface area (Å²) in [4.78, 5) is 0. The van der Waals surface area contributed by atoms with Gasteiger partial charge in [-0.15, -0.1) is 0 Å². The molecule has 2 aromatic carbocycles. The summed E-state index contributed by atoms with van der Waals surface area (Å²) >= 11 is 0. The second kappa shape index (κ2) is 11.3. The van der Waals surface area contributed by atoms with Gasteiger partial charge < -0.3 is 17.3 Å². The van der Waals surface area contributed by atoms with Crippen LogP contribution in [0.3, 0.4) is 0 Å². The molecule has 2 fully saturated rings. The van der Waals surface area contributed by atoms with Crippen LogP contribution in [0.4, 0.5) is 17.3 Å². The first-order valence-corrected chi connectivity index (χ1v) is 12.7. The topological polar surface area (TPSA) is 0 Å². The van der Waals surface area contributed by atoms with Gasteiger partial charge in [0.1, 0.15) is 0 Å². The summed E-state index contributed by atoms with van der Waals surface area (Å²) in [5.74, 6) is 0. The Labute approximate surface area is 179 Å². The molecule has 0 atom stereocenters. The van der Waals surface area contributed by atoms with Crippen LogP contribution < -0.4 is 5.30 Å². The van der Waals surface area contributed by atoms with Crippen LogP contribution in [0.15, 0.2) is 54.6 Å². The highest BCUT2D eigenvalue weighted by Crippen LogP contribution is 2.56. The lowest BCUT2D eigenvalue weighted by Crippen LogP contribution is -2.27. The maximum atomic E-state index is 9.75. The first kappa shape index (κ1) is 23.3. The minimum absolute atomic E-state index is 0.0365. The number of benzene rings is 2. The number of hydrogen-bond acceptors (Lipinski definition) is 0. The normalized spacial score (nSPS) is 18.7. The van der Waals surface area contributed by atoms with Gasteiger partial charge in [0.15, 0.2) is 0 Å². The Bertz CT molecular complexity index is 729. The van der Waals surface area contributed by atoms with E-state index >= 15 is 0 Å². The predicted octanol–water partition coefficient (Wildman–Crippen LogP) is 8.43. The third-order valence-corrected chi connectivity index (χ3v) is 9.76. The van der Waals surface area contributed by atoms with Crippen molar-refractivity contribution in [1.29, 1.82) is 0 Å². The van der Waals surface area contributed by atoms with E-state index in [1.165, 1.54) is 75.3 Å². The highest BCUT2D eigenvalue weighted by Gasteiger charge is 2.33. The molecule has 0 amide bonds. The van der Waals surface area contributed by atoms with E-state index in [0.717, 1.165) is 11.3 Å². The van der Waals surface area contributed by atoms with Crippen LogP contribution in [0.2, 0.25) is 0 Å². The van der Waals surface area contributed by atoms with E-state index in [9.17, 15) is 17.3 Å². The molecule has 2 aliphatic carbocycles. The third-order valence-electron chi connectivity index (χ3n) is 6.20. The van der Waals surface area contributed by atoms with E-state index in [2.05, 4.69) is 54.6 Å². The van der Waals surface area contributed by atoms with Gasteiger partial charge >= 0.3 is 7.25 Å². The van der Waals surface area contributed by atoms with Crippen molar-refractivity contribution in [3.8, 4) is 11.1 Å². The quantitative estimate of drug-likeness (QED) is 0.256. The Morgan fingerprint density at radius 1 is 0.600 bits per heavy atom. The van der Waals surface area contributed by atoms with Gasteiger partial charge in [0.05, 0.1) is 0 Å². The summed E-state index contributed by atoms with van der Waals surface area (Å²) in [7, 11) is -6.04. The van der Waals surface area contributed by atoms with E-state index in [1.807, 2.05) is 0 Å². The lowest BCUT2D eigenvalue weighted by atomic mass is 9.99. The molecule has 0 saturated heterocycles. The van der Waals surface area contributed by atoms with Crippen molar-refractivity contribution in [2.24, 2.45) is 0 Å². The lowest BCUT2D eigenvalue weighted by Gasteiger charge is -2.39. The van der Waals surface area contributed by atoms with Crippen molar-refractivity contribution < 1.29 is 17.3 Å². The molecule has 0 N–H and O–H groups in total. The molecule has 0 bridgehead atoms. The molecule has 6 heteroatoms. The molecule has 2 aliphatic rings. The standard InChI is InChI=1S/C24H31P.BF4/c1-4-12-20(13-5-1)23-18-10-11-19-24(23)25(21-14-6-2-7-15-21)22-16-8-3-9-17-22;2-1(3,4)5/h1,4-5,10-13,18-19,21-22H,2-3,6-9,14-17H2;/q;-1. The van der Waals surface area contributed by atoms with Crippen LogP contribution in [-0.2, 0) is 0 Å². The Kier molecular flexibility index (Phi) is 8.80. The molecule has 0 heterocycles. The molecule has 164 valence electrons. The van der Waals surface area contributed by atoms with Gasteiger partial charge in [-0.05, 0) is 53.4 Å². The van der Waals surface area contributed by atoms with Gasteiger partial charge in [0, 0.05) is 0 Å². The Morgan fingerprint density at radius 3 is 1.53 bits per heavy atom. The fourth-order valence-electron chi connectivity index (χ4n) is 4.97. The molecular weight excluding hydrogens is 406 g/mol. The van der Waals surface area contributed by atoms with Crippen LogP contribution in [0.25, 0.3) is 11.1 Å². The van der Waals surface area contributed by atoms with Gasteiger partial charge in [-0.1, -0.05) is 101 Å². The van der Waals surface area contributed by atoms with Crippen LogP contribution in [-0.4, -0.2) is 18.6 Å². The van der Waals surface area contributed by atoms with Crippen molar-refractivity contribution in [2.45, 2.75) is 75.5 Å². The summed E-state index contributed by atoms with van der Waals surface area (Å²) in [6.45, 7) is 0. The van der Waals surface area contributed by atoms with Crippen molar-refractivity contribution in [3.63, 3.8) is 0 Å². The van der Waals surface area contributed by atoms with Crippen LogP contribution >= 0.6 is 7.92 Å². The highest BCUT2D eigenvalue weighted by molar-refractivity contribution is 7.67. The largest absolute Gasteiger partial charge is 0.673 e. The van der Waals surface area contributed by atoms with Crippen molar-refractivity contribution in [2.75, 3.05) is 0 Å². The van der Waals surface area contributed by atoms with E-state index in [0.29, 0.717) is 0 Å². The molecule has 4 rings (SSSR count). The average Bonchev–Trinajstić information content (AvgIpc) is 2.75. The summed E-state index contributed by atoms with van der Waals surface area (Å²) in [6.07, 6.45) is 14.7. The molecule has 30 heavy (non-hydrogen) atoms. The van der Waals surface area contributed by atoms with E-state index in [1.54, 1.807) is 5.30 Å². The molecule has 0 nitrogen and oxygen atoms in total. The Morgan fingerprint density at radius 2 is 1.03 bits per heavy atom. The smallest absolute Gasteiger partial charge is 0.418 e. The molecule has 2 aromatic rings. The SMILES string of the molecule is F[B-](F)(F)F.c1ccc(-c2ccccc2P(C2CCCCC2)C2CCCCC2)cc1. The summed E-state index contributed by atoms with van der Waals surface area (Å²) < 4.78 is 39.0. The van der Waals surface area contributed by atoms with E-state index < -0.39 is 7.25 Å². The first-order chi connectivity index (χ1) is 14.4.